The van der Waals surface area contributed by atoms with Crippen molar-refractivity contribution in [1.82, 2.24) is 10.2 Å². The maximum absolute atomic E-state index is 12.4. The van der Waals surface area contributed by atoms with Crippen LogP contribution in [-0.4, -0.2) is 42.8 Å². The summed E-state index contributed by atoms with van der Waals surface area (Å²) in [6.45, 7) is -0.335. The molecule has 1 atom stereocenters. The highest BCUT2D eigenvalue weighted by Crippen LogP contribution is 2.25. The summed E-state index contributed by atoms with van der Waals surface area (Å²) >= 11 is 0. The Bertz CT molecular complexity index is 588. The van der Waals surface area contributed by atoms with Gasteiger partial charge < -0.3 is 10.6 Å². The van der Waals surface area contributed by atoms with Gasteiger partial charge in [-0.05, 0) is 48.9 Å². The van der Waals surface area contributed by atoms with Crippen molar-refractivity contribution >= 4 is 11.7 Å². The van der Waals surface area contributed by atoms with Crippen LogP contribution in [0, 0.1) is 0 Å². The summed E-state index contributed by atoms with van der Waals surface area (Å²) in [6, 6.07) is 5.27. The zero-order valence-corrected chi connectivity index (χ0v) is 12.7. The minimum Gasteiger partial charge on any atom is -0.334 e. The van der Waals surface area contributed by atoms with E-state index in [1.165, 1.54) is 16.0 Å². The van der Waals surface area contributed by atoms with E-state index in [1.54, 1.807) is 0 Å². The lowest BCUT2D eigenvalue weighted by atomic mass is 10.1. The van der Waals surface area contributed by atoms with Crippen LogP contribution >= 0.6 is 0 Å². The Hall–Kier alpha value is -1.76. The number of carbonyl (C=O) groups is 1. The van der Waals surface area contributed by atoms with Crippen molar-refractivity contribution in [3.05, 3.63) is 29.3 Å². The predicted octanol–water partition coefficient (Wildman–Crippen LogP) is 2.93. The number of fused-ring (bicyclic) bond motifs is 1. The highest BCUT2D eigenvalue weighted by molar-refractivity contribution is 5.89. The zero-order valence-electron chi connectivity index (χ0n) is 12.7. The minimum absolute atomic E-state index is 0.233. The van der Waals surface area contributed by atoms with Crippen LogP contribution in [0.1, 0.15) is 24.0 Å². The molecule has 1 heterocycles. The van der Waals surface area contributed by atoms with Gasteiger partial charge in [0.2, 0.25) is 0 Å². The Balaban J connectivity index is 1.48. The molecule has 0 aromatic heterocycles. The molecule has 7 heteroatoms. The number of aryl methyl sites for hydroxylation is 2. The van der Waals surface area contributed by atoms with E-state index in [-0.39, 0.29) is 18.6 Å². The summed E-state index contributed by atoms with van der Waals surface area (Å²) in [7, 11) is 0. The molecule has 1 fully saturated rings. The van der Waals surface area contributed by atoms with Crippen LogP contribution in [0.15, 0.2) is 18.2 Å². The van der Waals surface area contributed by atoms with E-state index in [9.17, 15) is 18.0 Å². The molecular weight excluding hydrogens is 307 g/mol. The second kappa shape index (κ2) is 6.39. The molecule has 0 radical (unpaired) electrons. The molecule has 1 aliphatic carbocycles. The summed E-state index contributed by atoms with van der Waals surface area (Å²) < 4.78 is 37.1. The van der Waals surface area contributed by atoms with Gasteiger partial charge >= 0.3 is 12.2 Å². The molecule has 126 valence electrons. The van der Waals surface area contributed by atoms with Crippen molar-refractivity contribution in [2.24, 2.45) is 0 Å². The monoisotopic (exact) mass is 327 g/mol. The van der Waals surface area contributed by atoms with Gasteiger partial charge in [0, 0.05) is 24.8 Å². The SMILES string of the molecule is O=C(Nc1ccc2c(c1)CCC2)N[C@H]1CCN(CC(F)(F)F)C1. The number of amides is 2. The van der Waals surface area contributed by atoms with Crippen LogP contribution in [0.5, 0.6) is 0 Å². The minimum atomic E-state index is -4.19. The van der Waals surface area contributed by atoms with E-state index in [2.05, 4.69) is 10.6 Å². The Morgan fingerprint density at radius 3 is 2.83 bits per heavy atom. The first-order valence-electron chi connectivity index (χ1n) is 7.87. The van der Waals surface area contributed by atoms with Crippen molar-refractivity contribution in [3.8, 4) is 0 Å². The fraction of sp³-hybridized carbons (Fsp3) is 0.562. The van der Waals surface area contributed by atoms with Crippen LogP contribution in [0.4, 0.5) is 23.7 Å². The number of hydrogen-bond donors (Lipinski definition) is 2. The van der Waals surface area contributed by atoms with Gasteiger partial charge in [-0.1, -0.05) is 6.07 Å². The number of halogens is 3. The first kappa shape index (κ1) is 16.1. The molecule has 1 aromatic rings. The molecule has 23 heavy (non-hydrogen) atoms. The average molecular weight is 327 g/mol. The Morgan fingerprint density at radius 1 is 1.26 bits per heavy atom. The molecule has 0 bridgehead atoms. The van der Waals surface area contributed by atoms with Crippen molar-refractivity contribution < 1.29 is 18.0 Å². The number of carbonyl (C=O) groups excluding carboxylic acids is 1. The number of nitrogens with one attached hydrogen (secondary N) is 2. The van der Waals surface area contributed by atoms with Crippen LogP contribution in [0.3, 0.4) is 0 Å². The van der Waals surface area contributed by atoms with E-state index in [1.807, 2.05) is 18.2 Å². The molecule has 2 aliphatic rings. The van der Waals surface area contributed by atoms with Crippen molar-refractivity contribution in [1.29, 1.82) is 0 Å². The smallest absolute Gasteiger partial charge is 0.334 e. The lowest BCUT2D eigenvalue weighted by molar-refractivity contribution is -0.143. The van der Waals surface area contributed by atoms with E-state index in [0.717, 1.165) is 24.9 Å². The Labute approximate surface area is 133 Å². The third-order valence-electron chi connectivity index (χ3n) is 4.37. The standard InChI is InChI=1S/C16H20F3N3O/c17-16(18,19)10-22-7-6-14(9-22)21-15(23)20-13-5-4-11-2-1-3-12(11)8-13/h4-5,8,14H,1-3,6-7,9-10H2,(H2,20,21,23)/t14-/m0/s1. The van der Waals surface area contributed by atoms with Crippen molar-refractivity contribution in [2.75, 3.05) is 25.0 Å². The van der Waals surface area contributed by atoms with Gasteiger partial charge in [0.15, 0.2) is 0 Å². The van der Waals surface area contributed by atoms with Crippen molar-refractivity contribution in [2.45, 2.75) is 37.9 Å². The second-order valence-electron chi connectivity index (χ2n) is 6.27. The maximum Gasteiger partial charge on any atom is 0.401 e. The highest BCUT2D eigenvalue weighted by Gasteiger charge is 2.34. The fourth-order valence-corrected chi connectivity index (χ4v) is 3.35. The van der Waals surface area contributed by atoms with Gasteiger partial charge in [-0.3, -0.25) is 4.90 Å². The van der Waals surface area contributed by atoms with Crippen LogP contribution in [0.25, 0.3) is 0 Å². The Morgan fingerprint density at radius 2 is 2.04 bits per heavy atom. The van der Waals surface area contributed by atoms with Gasteiger partial charge in [0.1, 0.15) is 0 Å². The first-order chi connectivity index (χ1) is 10.9. The first-order valence-corrected chi connectivity index (χ1v) is 7.87. The molecule has 4 nitrogen and oxygen atoms in total. The van der Waals surface area contributed by atoms with Gasteiger partial charge in [0.05, 0.1) is 6.54 Å². The molecule has 0 saturated carbocycles. The van der Waals surface area contributed by atoms with E-state index in [4.69, 9.17) is 0 Å². The molecule has 1 saturated heterocycles. The molecule has 0 unspecified atom stereocenters. The zero-order chi connectivity index (χ0) is 16.4. The second-order valence-corrected chi connectivity index (χ2v) is 6.27. The van der Waals surface area contributed by atoms with Gasteiger partial charge in [-0.25, -0.2) is 4.79 Å². The number of anilines is 1. The summed E-state index contributed by atoms with van der Waals surface area (Å²) in [5, 5.41) is 5.52. The number of alkyl halides is 3. The number of urea groups is 1. The Kier molecular flexibility index (Phi) is 4.48. The largest absolute Gasteiger partial charge is 0.401 e. The van der Waals surface area contributed by atoms with E-state index >= 15 is 0 Å². The third kappa shape index (κ3) is 4.37. The highest BCUT2D eigenvalue weighted by atomic mass is 19.4. The summed E-state index contributed by atoms with van der Waals surface area (Å²) in [6.07, 6.45) is -0.405. The summed E-state index contributed by atoms with van der Waals surface area (Å²) in [5.74, 6) is 0. The maximum atomic E-state index is 12.4. The molecule has 2 N–H and O–H groups in total. The summed E-state index contributed by atoms with van der Waals surface area (Å²) in [5.41, 5.74) is 3.32. The molecule has 3 rings (SSSR count). The number of nitrogens with zero attached hydrogens (tertiary/aromatic N) is 1. The number of rotatable bonds is 3. The molecule has 1 aliphatic heterocycles. The molecule has 0 spiro atoms. The number of hydrogen-bond acceptors (Lipinski definition) is 2. The van der Waals surface area contributed by atoms with Crippen LogP contribution in [-0.2, 0) is 12.8 Å². The average Bonchev–Trinajstić information content (AvgIpc) is 3.05. The lowest BCUT2D eigenvalue weighted by Crippen LogP contribution is -2.41. The normalized spacial score (nSPS) is 21.3. The van der Waals surface area contributed by atoms with Crippen LogP contribution in [0.2, 0.25) is 0 Å². The van der Waals surface area contributed by atoms with Crippen LogP contribution < -0.4 is 10.6 Å². The molecular formula is C16H20F3N3O. The predicted molar refractivity (Wildman–Crippen MR) is 81.5 cm³/mol. The van der Waals surface area contributed by atoms with Gasteiger partial charge in [0.25, 0.3) is 0 Å². The third-order valence-corrected chi connectivity index (χ3v) is 4.37. The molecule has 1 aromatic carbocycles. The topological polar surface area (TPSA) is 44.4 Å². The number of benzene rings is 1. The lowest BCUT2D eigenvalue weighted by Gasteiger charge is -2.18. The quantitative estimate of drug-likeness (QED) is 0.896. The number of likely N-dealkylation sites (tertiary alicyclic amines) is 1. The van der Waals surface area contributed by atoms with E-state index < -0.39 is 12.7 Å². The fourth-order valence-electron chi connectivity index (χ4n) is 3.35. The van der Waals surface area contributed by atoms with Crippen molar-refractivity contribution in [3.63, 3.8) is 0 Å². The van der Waals surface area contributed by atoms with Gasteiger partial charge in [-0.2, -0.15) is 13.2 Å². The van der Waals surface area contributed by atoms with Gasteiger partial charge in [-0.15, -0.1) is 0 Å². The summed E-state index contributed by atoms with van der Waals surface area (Å²) in [4.78, 5) is 13.3. The molecule has 2 amide bonds. The van der Waals surface area contributed by atoms with E-state index in [0.29, 0.717) is 13.0 Å².